The first-order chi connectivity index (χ1) is 22.6. The average Bonchev–Trinajstić information content (AvgIpc) is 3.65. The Balaban J connectivity index is 1.55. The Morgan fingerprint density at radius 1 is 1.15 bits per heavy atom. The van der Waals surface area contributed by atoms with Gasteiger partial charge in [0.1, 0.15) is 23.8 Å². The summed E-state index contributed by atoms with van der Waals surface area (Å²) in [4.78, 5) is 69.7. The van der Waals surface area contributed by atoms with E-state index in [1.807, 2.05) is 4.90 Å². The standard InChI is InChI=1S/C30H41F2N6O9P/c1-4-46-48(45,47-5-2)30(31,32)18-6-8-20-17(14-18)15-22(34-20)26(40)36-23-16-37(3)13-12-19-7-10-24(38(19)28(23)42)27(41)35-21(29(43)44)9-11-25(33)39/h6,8,14-15,19,21,23-24,34H,4-5,7,9-13,16H2,1-3H3,(H2,33,39)(H,35,41)(H,36,40)(H,43,44)/t19-,21?,23+,24+/m1/s1. The lowest BCUT2D eigenvalue weighted by atomic mass is 10.1. The molecule has 2 aliphatic heterocycles. The number of rotatable bonds is 14. The van der Waals surface area contributed by atoms with E-state index in [9.17, 15) is 33.6 Å². The molecule has 1 unspecified atom stereocenters. The number of aromatic nitrogens is 1. The van der Waals surface area contributed by atoms with Crippen LogP contribution < -0.4 is 16.4 Å². The van der Waals surface area contributed by atoms with Crippen molar-refractivity contribution in [2.24, 2.45) is 5.73 Å². The molecule has 6 N–H and O–H groups in total. The average molecular weight is 699 g/mol. The van der Waals surface area contributed by atoms with Crippen molar-refractivity contribution in [1.29, 1.82) is 0 Å². The minimum absolute atomic E-state index is 0.0354. The molecule has 1 aromatic heterocycles. The molecule has 15 nitrogen and oxygen atoms in total. The predicted octanol–water partition coefficient (Wildman–Crippen LogP) is 2.11. The number of halogens is 2. The van der Waals surface area contributed by atoms with Crippen LogP contribution in [0.1, 0.15) is 62.0 Å². The number of aromatic amines is 1. The van der Waals surface area contributed by atoms with Crippen molar-refractivity contribution < 1.29 is 51.5 Å². The molecule has 48 heavy (non-hydrogen) atoms. The summed E-state index contributed by atoms with van der Waals surface area (Å²) >= 11 is 0. The number of likely N-dealkylation sites (N-methyl/N-ethyl adjacent to an activating group) is 1. The van der Waals surface area contributed by atoms with Crippen molar-refractivity contribution in [2.45, 2.75) is 75.8 Å². The Bertz CT molecular complexity index is 1590. The van der Waals surface area contributed by atoms with Gasteiger partial charge in [0.15, 0.2) is 0 Å². The molecule has 3 heterocycles. The lowest BCUT2D eigenvalue weighted by Gasteiger charge is -2.37. The van der Waals surface area contributed by atoms with Gasteiger partial charge in [-0.1, -0.05) is 6.07 Å². The molecule has 0 saturated carbocycles. The van der Waals surface area contributed by atoms with Crippen molar-refractivity contribution in [3.8, 4) is 0 Å². The number of carbonyl (C=O) groups excluding carboxylic acids is 4. The van der Waals surface area contributed by atoms with Crippen LogP contribution in [0, 0.1) is 0 Å². The molecule has 2 aliphatic rings. The zero-order valence-corrected chi connectivity index (χ0v) is 27.8. The molecule has 2 fully saturated rings. The Morgan fingerprint density at radius 3 is 2.46 bits per heavy atom. The number of carbonyl (C=O) groups is 5. The van der Waals surface area contributed by atoms with Crippen molar-refractivity contribution in [3.63, 3.8) is 0 Å². The molecule has 0 bridgehead atoms. The predicted molar refractivity (Wildman–Crippen MR) is 168 cm³/mol. The number of carboxylic acids is 1. The Labute approximate surface area is 275 Å². The number of aliphatic carboxylic acids is 1. The summed E-state index contributed by atoms with van der Waals surface area (Å²) in [6, 6.07) is 0.911. The van der Waals surface area contributed by atoms with Gasteiger partial charge < -0.3 is 45.3 Å². The molecule has 1 aromatic carbocycles. The highest BCUT2D eigenvalue weighted by Gasteiger charge is 2.55. The number of alkyl halides is 2. The lowest BCUT2D eigenvalue weighted by molar-refractivity contribution is -0.146. The fraction of sp³-hybridized carbons (Fsp3) is 0.567. The fourth-order valence-electron chi connectivity index (χ4n) is 6.08. The van der Waals surface area contributed by atoms with E-state index < -0.39 is 66.5 Å². The largest absolute Gasteiger partial charge is 0.480 e. The van der Waals surface area contributed by atoms with Gasteiger partial charge in [0.2, 0.25) is 17.7 Å². The highest BCUT2D eigenvalue weighted by atomic mass is 31.2. The first kappa shape index (κ1) is 36.9. The summed E-state index contributed by atoms with van der Waals surface area (Å²) < 4.78 is 53.4. The molecule has 2 aromatic rings. The summed E-state index contributed by atoms with van der Waals surface area (Å²) in [6.07, 6.45) is 0.818. The summed E-state index contributed by atoms with van der Waals surface area (Å²) in [6.45, 7) is 2.96. The van der Waals surface area contributed by atoms with Crippen molar-refractivity contribution in [2.75, 3.05) is 33.4 Å². The van der Waals surface area contributed by atoms with Crippen molar-refractivity contribution in [1.82, 2.24) is 25.4 Å². The van der Waals surface area contributed by atoms with Crippen LogP contribution in [0.15, 0.2) is 24.3 Å². The molecule has 18 heteroatoms. The van der Waals surface area contributed by atoms with Crippen LogP contribution in [-0.4, -0.2) is 107 Å². The smallest absolute Gasteiger partial charge is 0.404 e. The quantitative estimate of drug-likeness (QED) is 0.181. The number of H-pyrrole nitrogens is 1. The monoisotopic (exact) mass is 698 g/mol. The maximum Gasteiger partial charge on any atom is 0.404 e. The van der Waals surface area contributed by atoms with Crippen LogP contribution in [0.25, 0.3) is 10.9 Å². The summed E-state index contributed by atoms with van der Waals surface area (Å²) in [5, 5.41) is 14.9. The van der Waals surface area contributed by atoms with Crippen molar-refractivity contribution >= 4 is 48.1 Å². The zero-order valence-electron chi connectivity index (χ0n) is 26.9. The van der Waals surface area contributed by atoms with Crippen LogP contribution in [-0.2, 0) is 38.5 Å². The highest BCUT2D eigenvalue weighted by Crippen LogP contribution is 2.66. The molecule has 0 radical (unpaired) electrons. The first-order valence-electron chi connectivity index (χ1n) is 15.6. The Morgan fingerprint density at radius 2 is 1.83 bits per heavy atom. The van der Waals surface area contributed by atoms with E-state index in [-0.39, 0.29) is 56.1 Å². The van der Waals surface area contributed by atoms with Gasteiger partial charge in [-0.3, -0.25) is 23.7 Å². The second-order valence-corrected chi connectivity index (χ2v) is 13.9. The van der Waals surface area contributed by atoms with Crippen LogP contribution in [0.2, 0.25) is 0 Å². The fourth-order valence-corrected chi connectivity index (χ4v) is 7.62. The molecule has 4 rings (SSSR count). The number of fused-ring (bicyclic) bond motifs is 2. The van der Waals surface area contributed by atoms with Crippen LogP contribution in [0.5, 0.6) is 0 Å². The minimum Gasteiger partial charge on any atom is -0.480 e. The molecule has 0 aliphatic carbocycles. The molecule has 264 valence electrons. The second-order valence-electron chi connectivity index (χ2n) is 11.8. The Hall–Kier alpha value is -3.92. The topological polar surface area (TPSA) is 213 Å². The van der Waals surface area contributed by atoms with Crippen LogP contribution in [0.3, 0.4) is 0 Å². The number of primary amides is 1. The van der Waals surface area contributed by atoms with E-state index in [4.69, 9.17) is 14.8 Å². The Kier molecular flexibility index (Phi) is 11.6. The van der Waals surface area contributed by atoms with E-state index >= 15 is 8.78 Å². The number of amides is 4. The van der Waals surface area contributed by atoms with Crippen LogP contribution >= 0.6 is 7.60 Å². The number of hydrogen-bond donors (Lipinski definition) is 5. The van der Waals surface area contributed by atoms with E-state index in [0.29, 0.717) is 24.9 Å². The van der Waals surface area contributed by atoms with Gasteiger partial charge in [0, 0.05) is 35.5 Å². The van der Waals surface area contributed by atoms with Gasteiger partial charge in [-0.15, -0.1) is 0 Å². The minimum atomic E-state index is -4.87. The summed E-state index contributed by atoms with van der Waals surface area (Å²) in [5.74, 6) is -4.02. The van der Waals surface area contributed by atoms with Gasteiger partial charge >= 0.3 is 19.2 Å². The first-order valence-corrected chi connectivity index (χ1v) is 17.2. The van der Waals surface area contributed by atoms with Gasteiger partial charge in [-0.05, 0) is 71.3 Å². The summed E-state index contributed by atoms with van der Waals surface area (Å²) in [5.41, 5.74) is 0.807. The number of carboxylic acid groups (broad SMARTS) is 1. The number of nitrogens with one attached hydrogen (secondary N) is 3. The third-order valence-corrected chi connectivity index (χ3v) is 10.6. The zero-order chi connectivity index (χ0) is 35.4. The molecule has 4 atom stereocenters. The van der Waals surface area contributed by atoms with Crippen LogP contribution in [0.4, 0.5) is 8.78 Å². The van der Waals surface area contributed by atoms with Gasteiger partial charge in [0.25, 0.3) is 5.91 Å². The number of nitrogens with zero attached hydrogens (tertiary/aromatic N) is 2. The SMILES string of the molecule is CCOP(=O)(OCC)C(F)(F)c1ccc2[nH]c(C(=O)N[C@H]3CN(C)CC[C@H]4CC[C@@H](C(=O)NC(CCC(N)=O)C(=O)O)N4C3=O)cc2c1. The second kappa shape index (κ2) is 15.1. The van der Waals surface area contributed by atoms with E-state index in [1.165, 1.54) is 30.9 Å². The molecular formula is C30H41F2N6O9P. The molecule has 2 saturated heterocycles. The highest BCUT2D eigenvalue weighted by molar-refractivity contribution is 7.54. The maximum atomic E-state index is 15.4. The third-order valence-electron chi connectivity index (χ3n) is 8.45. The number of hydrogen-bond acceptors (Lipinski definition) is 9. The van der Waals surface area contributed by atoms with Crippen molar-refractivity contribution in [3.05, 3.63) is 35.5 Å². The third kappa shape index (κ3) is 7.86. The number of benzene rings is 1. The van der Waals surface area contributed by atoms with E-state index in [0.717, 1.165) is 12.1 Å². The van der Waals surface area contributed by atoms with Gasteiger partial charge in [-0.2, -0.15) is 8.78 Å². The lowest BCUT2D eigenvalue weighted by Crippen LogP contribution is -2.60. The summed E-state index contributed by atoms with van der Waals surface area (Å²) in [7, 11) is -3.08. The van der Waals surface area contributed by atoms with Gasteiger partial charge in [-0.25, -0.2) is 4.79 Å². The maximum absolute atomic E-state index is 15.4. The molecule has 0 spiro atoms. The number of nitrogens with two attached hydrogens (primary N) is 1. The van der Waals surface area contributed by atoms with E-state index in [1.54, 1.807) is 7.05 Å². The van der Waals surface area contributed by atoms with E-state index in [2.05, 4.69) is 15.6 Å². The molecular weight excluding hydrogens is 657 g/mol. The van der Waals surface area contributed by atoms with Gasteiger partial charge in [0.05, 0.1) is 13.2 Å². The molecule has 4 amide bonds. The normalized spacial score (nSPS) is 21.3.